The van der Waals surface area contributed by atoms with E-state index < -0.39 is 6.04 Å². The minimum atomic E-state index is -0.440. The maximum Gasteiger partial charge on any atom is 0.245 e. The normalized spacial score (nSPS) is 16.5. The van der Waals surface area contributed by atoms with Gasteiger partial charge in [0.2, 0.25) is 5.91 Å². The number of amides is 1. The maximum atomic E-state index is 13.1. The number of carbonyl (C=O) groups excluding carboxylic acids is 1. The number of aliphatic hydroxyl groups is 1. The predicted octanol–water partition coefficient (Wildman–Crippen LogP) is 2.66. The summed E-state index contributed by atoms with van der Waals surface area (Å²) in [7, 11) is 0. The number of nitrogens with one attached hydrogen (secondary N) is 1. The Labute approximate surface area is 165 Å². The molecule has 4 N–H and O–H groups in total. The van der Waals surface area contributed by atoms with Crippen LogP contribution in [-0.4, -0.2) is 47.5 Å². The molecule has 27 heavy (non-hydrogen) atoms. The average Bonchev–Trinajstić information content (AvgIpc) is 2.64. The van der Waals surface area contributed by atoms with Crippen LogP contribution in [0.1, 0.15) is 11.1 Å². The number of likely N-dealkylation sites (tertiary alicyclic amines) is 1. The fraction of sp³-hybridized carbons (Fsp3) is 0.381. The second-order valence-electron chi connectivity index (χ2n) is 7.46. The summed E-state index contributed by atoms with van der Waals surface area (Å²) in [6.45, 7) is 2.97. The highest BCUT2D eigenvalue weighted by molar-refractivity contribution is 6.18. The molecular weight excluding hydrogens is 362 g/mol. The largest absolute Gasteiger partial charge is 0.397 e. The lowest BCUT2D eigenvalue weighted by atomic mass is 9.82. The van der Waals surface area contributed by atoms with E-state index in [9.17, 15) is 9.90 Å². The Bertz CT molecular complexity index is 782. The van der Waals surface area contributed by atoms with E-state index >= 15 is 0 Å². The Balaban J connectivity index is 1.78. The van der Waals surface area contributed by atoms with Gasteiger partial charge >= 0.3 is 0 Å². The van der Waals surface area contributed by atoms with Crippen LogP contribution in [0.3, 0.4) is 0 Å². The molecule has 1 unspecified atom stereocenters. The zero-order valence-electron chi connectivity index (χ0n) is 15.5. The molecule has 1 aliphatic heterocycles. The standard InChI is InChI=1S/C21H26ClN3O2/c1-15-6-8-16(9-7-15)10-19(24-18-5-3-2-4-17(18)23)20(27)25-12-21(11-22,13-25)14-26/h2-9,19,24,26H,10-14,23H2,1H3. The van der Waals surface area contributed by atoms with Crippen molar-refractivity contribution in [3.05, 3.63) is 59.7 Å². The van der Waals surface area contributed by atoms with Crippen molar-refractivity contribution in [3.63, 3.8) is 0 Å². The first-order chi connectivity index (χ1) is 13.0. The molecule has 0 radical (unpaired) electrons. The first-order valence-electron chi connectivity index (χ1n) is 9.08. The third-order valence-electron chi connectivity index (χ3n) is 5.13. The van der Waals surface area contributed by atoms with Crippen LogP contribution >= 0.6 is 11.6 Å². The summed E-state index contributed by atoms with van der Waals surface area (Å²) in [5.74, 6) is 0.336. The van der Waals surface area contributed by atoms with Gasteiger partial charge in [0.25, 0.3) is 0 Å². The number of nitrogens with zero attached hydrogens (tertiary/aromatic N) is 1. The number of anilines is 2. The predicted molar refractivity (Wildman–Crippen MR) is 110 cm³/mol. The zero-order chi connectivity index (χ0) is 19.4. The molecule has 0 aliphatic carbocycles. The van der Waals surface area contributed by atoms with Gasteiger partial charge in [-0.3, -0.25) is 4.79 Å². The van der Waals surface area contributed by atoms with Gasteiger partial charge in [0.05, 0.1) is 18.0 Å². The molecule has 1 saturated heterocycles. The van der Waals surface area contributed by atoms with Gasteiger partial charge in [-0.2, -0.15) is 0 Å². The van der Waals surface area contributed by atoms with Gasteiger partial charge in [-0.05, 0) is 24.6 Å². The molecular formula is C21H26ClN3O2. The Morgan fingerprint density at radius 3 is 2.52 bits per heavy atom. The van der Waals surface area contributed by atoms with Crippen LogP contribution in [0.15, 0.2) is 48.5 Å². The molecule has 5 nitrogen and oxygen atoms in total. The summed E-state index contributed by atoms with van der Waals surface area (Å²) in [5.41, 5.74) is 9.28. The number of carbonyl (C=O) groups is 1. The number of benzene rings is 2. The molecule has 3 rings (SSSR count). The van der Waals surface area contributed by atoms with Gasteiger partial charge in [0, 0.05) is 30.8 Å². The third-order valence-corrected chi connectivity index (χ3v) is 5.70. The van der Waals surface area contributed by atoms with E-state index in [1.807, 2.05) is 55.5 Å². The van der Waals surface area contributed by atoms with Crippen molar-refractivity contribution in [2.24, 2.45) is 5.41 Å². The number of aryl methyl sites for hydroxylation is 1. The third kappa shape index (κ3) is 4.37. The number of alkyl halides is 1. The molecule has 2 aromatic rings. The second kappa shape index (κ2) is 8.19. The SMILES string of the molecule is Cc1ccc(CC(Nc2ccccc2N)C(=O)N2CC(CO)(CCl)C2)cc1. The van der Waals surface area contributed by atoms with Crippen molar-refractivity contribution in [1.29, 1.82) is 0 Å². The first kappa shape index (κ1) is 19.5. The average molecular weight is 388 g/mol. The molecule has 144 valence electrons. The van der Waals surface area contributed by atoms with Crippen molar-refractivity contribution in [2.45, 2.75) is 19.4 Å². The number of nitrogens with two attached hydrogens (primary N) is 1. The molecule has 6 heteroatoms. The van der Waals surface area contributed by atoms with Crippen LogP contribution in [0.2, 0.25) is 0 Å². The van der Waals surface area contributed by atoms with E-state index in [2.05, 4.69) is 5.32 Å². The van der Waals surface area contributed by atoms with Crippen LogP contribution in [0, 0.1) is 12.3 Å². The van der Waals surface area contributed by atoms with Crippen LogP contribution in [0.5, 0.6) is 0 Å². The highest BCUT2D eigenvalue weighted by Gasteiger charge is 2.45. The number of halogens is 1. The van der Waals surface area contributed by atoms with Crippen molar-refractivity contribution >= 4 is 28.9 Å². The van der Waals surface area contributed by atoms with E-state index in [1.54, 1.807) is 4.90 Å². The Morgan fingerprint density at radius 2 is 1.93 bits per heavy atom. The number of nitrogen functional groups attached to an aromatic ring is 1. The van der Waals surface area contributed by atoms with E-state index in [0.29, 0.717) is 31.1 Å². The smallest absolute Gasteiger partial charge is 0.245 e. The van der Waals surface area contributed by atoms with Gasteiger partial charge in [0.1, 0.15) is 6.04 Å². The van der Waals surface area contributed by atoms with Crippen LogP contribution in [0.25, 0.3) is 0 Å². The Hall–Kier alpha value is -2.24. The van der Waals surface area contributed by atoms with Gasteiger partial charge in [0.15, 0.2) is 0 Å². The number of hydrogen-bond acceptors (Lipinski definition) is 4. The summed E-state index contributed by atoms with van der Waals surface area (Å²) in [6.07, 6.45) is 0.553. The number of rotatable bonds is 7. The van der Waals surface area contributed by atoms with E-state index in [4.69, 9.17) is 17.3 Å². The summed E-state index contributed by atoms with van der Waals surface area (Å²) in [5, 5.41) is 12.9. The molecule has 1 amide bonds. The second-order valence-corrected chi connectivity index (χ2v) is 7.73. The minimum Gasteiger partial charge on any atom is -0.397 e. The monoisotopic (exact) mass is 387 g/mol. The summed E-state index contributed by atoms with van der Waals surface area (Å²) < 4.78 is 0. The van der Waals surface area contributed by atoms with E-state index in [0.717, 1.165) is 11.3 Å². The van der Waals surface area contributed by atoms with Crippen LogP contribution in [-0.2, 0) is 11.2 Å². The van der Waals surface area contributed by atoms with Crippen molar-refractivity contribution in [2.75, 3.05) is 36.6 Å². The Kier molecular flexibility index (Phi) is 5.92. The number of para-hydroxylation sites is 2. The van der Waals surface area contributed by atoms with Gasteiger partial charge in [-0.1, -0.05) is 42.0 Å². The lowest BCUT2D eigenvalue weighted by Gasteiger charge is -2.49. The van der Waals surface area contributed by atoms with E-state index in [1.165, 1.54) is 5.56 Å². The summed E-state index contributed by atoms with van der Waals surface area (Å²) in [6, 6.07) is 15.2. The molecule has 0 saturated carbocycles. The summed E-state index contributed by atoms with van der Waals surface area (Å²) >= 11 is 5.97. The quantitative estimate of drug-likeness (QED) is 0.504. The van der Waals surface area contributed by atoms with Gasteiger partial charge < -0.3 is 21.1 Å². The highest BCUT2D eigenvalue weighted by atomic mass is 35.5. The van der Waals surface area contributed by atoms with Crippen LogP contribution < -0.4 is 11.1 Å². The van der Waals surface area contributed by atoms with Crippen LogP contribution in [0.4, 0.5) is 11.4 Å². The maximum absolute atomic E-state index is 13.1. The first-order valence-corrected chi connectivity index (χ1v) is 9.62. The highest BCUT2D eigenvalue weighted by Crippen LogP contribution is 2.32. The Morgan fingerprint density at radius 1 is 1.26 bits per heavy atom. The van der Waals surface area contributed by atoms with Gasteiger partial charge in [-0.15, -0.1) is 11.6 Å². The lowest BCUT2D eigenvalue weighted by molar-refractivity contribution is -0.145. The molecule has 1 fully saturated rings. The molecule has 0 aromatic heterocycles. The number of aliphatic hydroxyl groups excluding tert-OH is 1. The topological polar surface area (TPSA) is 78.6 Å². The van der Waals surface area contributed by atoms with E-state index in [-0.39, 0.29) is 17.9 Å². The minimum absolute atomic E-state index is 0.00646. The molecule has 1 aliphatic rings. The van der Waals surface area contributed by atoms with Crippen molar-refractivity contribution < 1.29 is 9.90 Å². The molecule has 2 aromatic carbocycles. The molecule has 0 spiro atoms. The number of hydrogen-bond donors (Lipinski definition) is 3. The zero-order valence-corrected chi connectivity index (χ0v) is 16.2. The summed E-state index contributed by atoms with van der Waals surface area (Å²) in [4.78, 5) is 14.9. The lowest BCUT2D eigenvalue weighted by Crippen LogP contribution is -2.63. The van der Waals surface area contributed by atoms with Gasteiger partial charge in [-0.25, -0.2) is 0 Å². The fourth-order valence-electron chi connectivity index (χ4n) is 3.34. The molecule has 1 heterocycles. The molecule has 0 bridgehead atoms. The van der Waals surface area contributed by atoms with Crippen molar-refractivity contribution in [1.82, 2.24) is 4.90 Å². The van der Waals surface area contributed by atoms with Crippen molar-refractivity contribution in [3.8, 4) is 0 Å². The fourth-order valence-corrected chi connectivity index (χ4v) is 3.60. The molecule has 1 atom stereocenters.